The second-order valence-electron chi connectivity index (χ2n) is 5.55. The standard InChI is InChI=1S/C17H23FN4O/c1-4-19-17(20-10-13-6-5-7-14(18)8-13)21-11-15-9-16(12(2)3)22-23-15/h5-9,12H,4,10-11H2,1-3H3,(H2,19,20,21). The van der Waals surface area contributed by atoms with Crippen LogP contribution in [0, 0.1) is 5.82 Å². The third-order valence-corrected chi connectivity index (χ3v) is 3.25. The monoisotopic (exact) mass is 318 g/mol. The van der Waals surface area contributed by atoms with Crippen molar-refractivity contribution in [3.05, 3.63) is 53.2 Å². The second kappa shape index (κ2) is 8.31. The number of benzene rings is 1. The molecule has 2 rings (SSSR count). The molecular formula is C17H23FN4O. The zero-order valence-corrected chi connectivity index (χ0v) is 13.8. The number of hydrogen-bond acceptors (Lipinski definition) is 3. The van der Waals surface area contributed by atoms with Gasteiger partial charge in [0.15, 0.2) is 11.7 Å². The van der Waals surface area contributed by atoms with E-state index in [1.807, 2.05) is 19.1 Å². The van der Waals surface area contributed by atoms with Gasteiger partial charge >= 0.3 is 0 Å². The fourth-order valence-corrected chi connectivity index (χ4v) is 2.00. The molecule has 0 amide bonds. The van der Waals surface area contributed by atoms with Crippen LogP contribution in [0.1, 0.15) is 43.7 Å². The summed E-state index contributed by atoms with van der Waals surface area (Å²) in [6, 6.07) is 8.38. The largest absolute Gasteiger partial charge is 0.359 e. The first-order chi connectivity index (χ1) is 11.1. The Balaban J connectivity index is 1.95. The maximum Gasteiger partial charge on any atom is 0.191 e. The Morgan fingerprint density at radius 3 is 2.78 bits per heavy atom. The highest BCUT2D eigenvalue weighted by molar-refractivity contribution is 5.79. The summed E-state index contributed by atoms with van der Waals surface area (Å²) in [5.74, 6) is 1.49. The number of aliphatic imine (C=N–C) groups is 1. The quantitative estimate of drug-likeness (QED) is 0.634. The number of hydrogen-bond donors (Lipinski definition) is 2. The minimum Gasteiger partial charge on any atom is -0.359 e. The maximum atomic E-state index is 13.2. The number of halogens is 1. The number of guanidine groups is 1. The van der Waals surface area contributed by atoms with E-state index in [-0.39, 0.29) is 5.82 Å². The van der Waals surface area contributed by atoms with Crippen LogP contribution >= 0.6 is 0 Å². The van der Waals surface area contributed by atoms with Crippen LogP contribution in [-0.4, -0.2) is 17.7 Å². The van der Waals surface area contributed by atoms with Gasteiger partial charge in [-0.15, -0.1) is 0 Å². The molecular weight excluding hydrogens is 295 g/mol. The van der Waals surface area contributed by atoms with Crippen molar-refractivity contribution in [3.63, 3.8) is 0 Å². The maximum absolute atomic E-state index is 13.2. The highest BCUT2D eigenvalue weighted by Gasteiger charge is 2.08. The summed E-state index contributed by atoms with van der Waals surface area (Å²) in [5.41, 5.74) is 1.76. The molecule has 1 heterocycles. The van der Waals surface area contributed by atoms with Crippen LogP contribution < -0.4 is 10.6 Å². The molecule has 5 nitrogen and oxygen atoms in total. The Morgan fingerprint density at radius 1 is 1.30 bits per heavy atom. The van der Waals surface area contributed by atoms with E-state index < -0.39 is 0 Å². The van der Waals surface area contributed by atoms with E-state index in [2.05, 4.69) is 34.6 Å². The van der Waals surface area contributed by atoms with Gasteiger partial charge < -0.3 is 15.2 Å². The number of rotatable bonds is 6. The van der Waals surface area contributed by atoms with Crippen molar-refractivity contribution in [1.82, 2.24) is 15.8 Å². The molecule has 1 aromatic heterocycles. The lowest BCUT2D eigenvalue weighted by atomic mass is 10.1. The van der Waals surface area contributed by atoms with Crippen molar-refractivity contribution in [1.29, 1.82) is 0 Å². The predicted molar refractivity (Wildman–Crippen MR) is 88.6 cm³/mol. The summed E-state index contributed by atoms with van der Waals surface area (Å²) in [6.45, 7) is 7.77. The van der Waals surface area contributed by atoms with Gasteiger partial charge in [-0.25, -0.2) is 9.38 Å². The lowest BCUT2D eigenvalue weighted by Gasteiger charge is -2.09. The molecule has 0 unspecified atom stereocenters. The Bertz CT molecular complexity index is 652. The van der Waals surface area contributed by atoms with Crippen LogP contribution in [0.4, 0.5) is 4.39 Å². The molecule has 0 aliphatic heterocycles. The van der Waals surface area contributed by atoms with Crippen molar-refractivity contribution in [3.8, 4) is 0 Å². The molecule has 2 N–H and O–H groups in total. The van der Waals surface area contributed by atoms with Crippen LogP contribution in [0.15, 0.2) is 39.8 Å². The van der Waals surface area contributed by atoms with Gasteiger partial charge in [-0.2, -0.15) is 0 Å². The first-order valence-corrected chi connectivity index (χ1v) is 7.80. The Labute approximate surface area is 136 Å². The summed E-state index contributed by atoms with van der Waals surface area (Å²) < 4.78 is 18.5. The zero-order chi connectivity index (χ0) is 16.7. The van der Waals surface area contributed by atoms with E-state index in [0.717, 1.165) is 23.6 Å². The molecule has 6 heteroatoms. The van der Waals surface area contributed by atoms with E-state index in [4.69, 9.17) is 4.52 Å². The third-order valence-electron chi connectivity index (χ3n) is 3.25. The van der Waals surface area contributed by atoms with E-state index in [9.17, 15) is 4.39 Å². The molecule has 0 aliphatic carbocycles. The molecule has 0 spiro atoms. The first-order valence-electron chi connectivity index (χ1n) is 7.80. The summed E-state index contributed by atoms with van der Waals surface area (Å²) in [7, 11) is 0. The highest BCUT2D eigenvalue weighted by Crippen LogP contribution is 2.13. The SMILES string of the molecule is CCNC(=NCc1cccc(F)c1)NCc1cc(C(C)C)no1. The molecule has 0 fully saturated rings. The fraction of sp³-hybridized carbons (Fsp3) is 0.412. The second-order valence-corrected chi connectivity index (χ2v) is 5.55. The van der Waals surface area contributed by atoms with Gasteiger partial charge in [0.25, 0.3) is 0 Å². The van der Waals surface area contributed by atoms with Crippen LogP contribution in [0.25, 0.3) is 0 Å². The van der Waals surface area contributed by atoms with Crippen molar-refractivity contribution in [2.75, 3.05) is 6.54 Å². The lowest BCUT2D eigenvalue weighted by molar-refractivity contribution is 0.372. The van der Waals surface area contributed by atoms with Crippen molar-refractivity contribution >= 4 is 5.96 Å². The summed E-state index contributed by atoms with van der Waals surface area (Å²) in [5, 5.41) is 10.4. The van der Waals surface area contributed by atoms with Gasteiger partial charge in [-0.1, -0.05) is 31.1 Å². The summed E-state index contributed by atoms with van der Waals surface area (Å²) in [4.78, 5) is 4.45. The Morgan fingerprint density at radius 2 is 2.13 bits per heavy atom. The van der Waals surface area contributed by atoms with E-state index in [1.54, 1.807) is 6.07 Å². The normalized spacial score (nSPS) is 11.8. The molecule has 0 radical (unpaired) electrons. The minimum absolute atomic E-state index is 0.251. The molecule has 23 heavy (non-hydrogen) atoms. The molecule has 0 saturated carbocycles. The Kier molecular flexibility index (Phi) is 6.14. The average molecular weight is 318 g/mol. The Hall–Kier alpha value is -2.37. The molecule has 0 saturated heterocycles. The van der Waals surface area contributed by atoms with Gasteiger partial charge in [0, 0.05) is 12.6 Å². The van der Waals surface area contributed by atoms with Gasteiger partial charge in [0.2, 0.25) is 0 Å². The molecule has 0 bridgehead atoms. The van der Waals surface area contributed by atoms with E-state index >= 15 is 0 Å². The van der Waals surface area contributed by atoms with Gasteiger partial charge in [-0.05, 0) is 30.5 Å². The molecule has 0 aliphatic rings. The molecule has 1 aromatic carbocycles. The van der Waals surface area contributed by atoms with Gasteiger partial charge in [-0.3, -0.25) is 0 Å². The summed E-state index contributed by atoms with van der Waals surface area (Å²) >= 11 is 0. The van der Waals surface area contributed by atoms with Gasteiger partial charge in [0.1, 0.15) is 5.82 Å². The van der Waals surface area contributed by atoms with E-state index in [1.165, 1.54) is 12.1 Å². The average Bonchev–Trinajstić information content (AvgIpc) is 2.99. The first kappa shape index (κ1) is 17.0. The van der Waals surface area contributed by atoms with Crippen LogP contribution in [-0.2, 0) is 13.1 Å². The van der Waals surface area contributed by atoms with Crippen LogP contribution in [0.2, 0.25) is 0 Å². The van der Waals surface area contributed by atoms with Gasteiger partial charge in [0.05, 0.1) is 18.8 Å². The lowest BCUT2D eigenvalue weighted by Crippen LogP contribution is -2.36. The fourth-order valence-electron chi connectivity index (χ4n) is 2.00. The molecule has 0 atom stereocenters. The number of aromatic nitrogens is 1. The van der Waals surface area contributed by atoms with E-state index in [0.29, 0.717) is 25.0 Å². The molecule has 2 aromatic rings. The minimum atomic E-state index is -0.251. The van der Waals surface area contributed by atoms with Crippen molar-refractivity contribution in [2.45, 2.75) is 39.8 Å². The zero-order valence-electron chi connectivity index (χ0n) is 13.8. The highest BCUT2D eigenvalue weighted by atomic mass is 19.1. The summed E-state index contributed by atoms with van der Waals surface area (Å²) in [6.07, 6.45) is 0. The number of nitrogens with zero attached hydrogens (tertiary/aromatic N) is 2. The van der Waals surface area contributed by atoms with Crippen molar-refractivity contribution < 1.29 is 8.91 Å². The van der Waals surface area contributed by atoms with Crippen LogP contribution in [0.5, 0.6) is 0 Å². The van der Waals surface area contributed by atoms with Crippen LogP contribution in [0.3, 0.4) is 0 Å². The molecule has 124 valence electrons. The number of nitrogens with one attached hydrogen (secondary N) is 2. The topological polar surface area (TPSA) is 62.5 Å². The van der Waals surface area contributed by atoms with Crippen molar-refractivity contribution in [2.24, 2.45) is 4.99 Å². The smallest absolute Gasteiger partial charge is 0.191 e. The third kappa shape index (κ3) is 5.39. The predicted octanol–water partition coefficient (Wildman–Crippen LogP) is 3.19.